The predicted octanol–water partition coefficient (Wildman–Crippen LogP) is -0.315. The van der Waals surface area contributed by atoms with Crippen LogP contribution in [0.15, 0.2) is 12.1 Å². The van der Waals surface area contributed by atoms with Crippen LogP contribution in [0.2, 0.25) is 0 Å². The molecule has 1 amide bonds. The summed E-state index contributed by atoms with van der Waals surface area (Å²) in [6.45, 7) is 0. The third-order valence-corrected chi connectivity index (χ3v) is 2.49. The van der Waals surface area contributed by atoms with Crippen LogP contribution < -0.4 is 14.1 Å². The number of hydrogen-bond acceptors (Lipinski definition) is 7. The highest BCUT2D eigenvalue weighted by Gasteiger charge is 2.24. The molecular weight excluding hydrogens is 269 g/mol. The maximum atomic E-state index is 12.2. The molecule has 0 atom stereocenters. The fourth-order valence-corrected chi connectivity index (χ4v) is 1.53. The van der Waals surface area contributed by atoms with Crippen LogP contribution in [0.25, 0.3) is 0 Å². The van der Waals surface area contributed by atoms with E-state index in [1.54, 1.807) is 0 Å². The molecule has 1 aromatic rings. The highest BCUT2D eigenvalue weighted by molar-refractivity contribution is 6.33. The lowest BCUT2D eigenvalue weighted by molar-refractivity contribution is -0.0759. The Labute approximate surface area is 116 Å². The molecular formula is C11H16BNO7. The molecule has 0 bridgehead atoms. The molecule has 0 radical (unpaired) electrons. The Morgan fingerprint density at radius 1 is 1.15 bits per heavy atom. The van der Waals surface area contributed by atoms with Crippen LogP contribution in [0.1, 0.15) is 10.4 Å². The lowest BCUT2D eigenvalue weighted by Gasteiger charge is -2.19. The third-order valence-electron chi connectivity index (χ3n) is 2.49. The fourth-order valence-electron chi connectivity index (χ4n) is 1.53. The van der Waals surface area contributed by atoms with Crippen molar-refractivity contribution in [1.29, 1.82) is 0 Å². The SMILES string of the molecule is COc1cc(OB(O)O)cc(OC)c1C(=O)N(C)OC. The average molecular weight is 285 g/mol. The normalized spacial score (nSPS) is 9.90. The van der Waals surface area contributed by atoms with Crippen LogP contribution in [0.4, 0.5) is 0 Å². The zero-order valence-electron chi connectivity index (χ0n) is 11.6. The van der Waals surface area contributed by atoms with Gasteiger partial charge in [-0.2, -0.15) is 0 Å². The van der Waals surface area contributed by atoms with E-state index in [-0.39, 0.29) is 22.8 Å². The van der Waals surface area contributed by atoms with Crippen molar-refractivity contribution in [2.75, 3.05) is 28.4 Å². The molecule has 8 nitrogen and oxygen atoms in total. The lowest BCUT2D eigenvalue weighted by Crippen LogP contribution is -2.26. The van der Waals surface area contributed by atoms with Gasteiger partial charge in [-0.25, -0.2) is 5.06 Å². The number of methoxy groups -OCH3 is 2. The number of carbonyl (C=O) groups excluding carboxylic acids is 1. The molecule has 0 unspecified atom stereocenters. The minimum absolute atomic E-state index is 0.0744. The van der Waals surface area contributed by atoms with E-state index in [4.69, 9.17) is 29.0 Å². The standard InChI is InChI=1S/C11H16BNO7/c1-13(19-4)11(14)10-8(17-2)5-7(20-12(15)16)6-9(10)18-3/h5-6,15-16H,1-4H3. The molecule has 1 aromatic carbocycles. The van der Waals surface area contributed by atoms with Crippen LogP contribution >= 0.6 is 0 Å². The summed E-state index contributed by atoms with van der Waals surface area (Å²) in [7, 11) is 3.50. The van der Waals surface area contributed by atoms with Gasteiger partial charge in [0, 0.05) is 19.2 Å². The van der Waals surface area contributed by atoms with Crippen molar-refractivity contribution in [2.45, 2.75) is 0 Å². The van der Waals surface area contributed by atoms with Crippen LogP contribution in [-0.4, -0.2) is 56.7 Å². The minimum Gasteiger partial charge on any atom is -0.512 e. The Morgan fingerprint density at radius 3 is 2.00 bits per heavy atom. The van der Waals surface area contributed by atoms with E-state index >= 15 is 0 Å². The zero-order valence-corrected chi connectivity index (χ0v) is 11.6. The van der Waals surface area contributed by atoms with Crippen molar-refractivity contribution < 1.29 is 33.8 Å². The Bertz CT molecular complexity index is 455. The second-order valence-electron chi connectivity index (χ2n) is 3.63. The van der Waals surface area contributed by atoms with Gasteiger partial charge < -0.3 is 24.2 Å². The van der Waals surface area contributed by atoms with E-state index in [2.05, 4.69) is 0 Å². The topological polar surface area (TPSA) is 97.7 Å². The lowest BCUT2D eigenvalue weighted by atomic mass is 10.1. The smallest absolute Gasteiger partial charge is 0.512 e. The van der Waals surface area contributed by atoms with Gasteiger partial charge in [-0.15, -0.1) is 0 Å². The van der Waals surface area contributed by atoms with Gasteiger partial charge >= 0.3 is 7.32 Å². The van der Waals surface area contributed by atoms with Crippen molar-refractivity contribution in [1.82, 2.24) is 5.06 Å². The fraction of sp³-hybridized carbons (Fsp3) is 0.364. The summed E-state index contributed by atoms with van der Waals surface area (Å²) in [4.78, 5) is 17.0. The number of rotatable bonds is 6. The van der Waals surface area contributed by atoms with Crippen LogP contribution in [0.3, 0.4) is 0 Å². The molecule has 0 aromatic heterocycles. The summed E-state index contributed by atoms with van der Waals surface area (Å²) in [6.07, 6.45) is 0. The highest BCUT2D eigenvalue weighted by Crippen LogP contribution is 2.35. The monoisotopic (exact) mass is 285 g/mol. The molecule has 1 rings (SSSR count). The molecule has 0 heterocycles. The van der Waals surface area contributed by atoms with Gasteiger partial charge in [0.1, 0.15) is 22.8 Å². The van der Waals surface area contributed by atoms with Gasteiger partial charge in [0.15, 0.2) is 0 Å². The second-order valence-corrected chi connectivity index (χ2v) is 3.63. The molecule has 0 saturated carbocycles. The van der Waals surface area contributed by atoms with E-state index in [1.807, 2.05) is 0 Å². The summed E-state index contributed by atoms with van der Waals surface area (Å²) >= 11 is 0. The van der Waals surface area contributed by atoms with Gasteiger partial charge in [-0.05, 0) is 0 Å². The van der Waals surface area contributed by atoms with Crippen LogP contribution in [0, 0.1) is 0 Å². The summed E-state index contributed by atoms with van der Waals surface area (Å²) < 4.78 is 14.9. The van der Waals surface area contributed by atoms with Crippen molar-refractivity contribution in [3.63, 3.8) is 0 Å². The number of carbonyl (C=O) groups is 1. The molecule has 0 aliphatic rings. The number of nitrogens with zero attached hydrogens (tertiary/aromatic N) is 1. The first-order chi connectivity index (χ1) is 9.44. The largest absolute Gasteiger partial charge is 0.707 e. The van der Waals surface area contributed by atoms with E-state index in [1.165, 1.54) is 40.5 Å². The van der Waals surface area contributed by atoms with Crippen molar-refractivity contribution in [3.05, 3.63) is 17.7 Å². The Kier molecular flexibility index (Phi) is 5.62. The van der Waals surface area contributed by atoms with Crippen molar-refractivity contribution >= 4 is 13.2 Å². The zero-order chi connectivity index (χ0) is 15.3. The Morgan fingerprint density at radius 2 is 1.65 bits per heavy atom. The first-order valence-electron chi connectivity index (χ1n) is 5.55. The Balaban J connectivity index is 3.31. The molecule has 0 fully saturated rings. The maximum absolute atomic E-state index is 12.2. The minimum atomic E-state index is -1.99. The summed E-state index contributed by atoms with van der Waals surface area (Å²) in [5.74, 6) is -0.120. The molecule has 20 heavy (non-hydrogen) atoms. The number of benzene rings is 1. The van der Waals surface area contributed by atoms with Crippen LogP contribution in [-0.2, 0) is 4.84 Å². The summed E-state index contributed by atoms with van der Waals surface area (Å²) in [6, 6.07) is 2.66. The van der Waals surface area contributed by atoms with Crippen LogP contribution in [0.5, 0.6) is 17.2 Å². The Hall–Kier alpha value is -1.97. The molecule has 0 saturated heterocycles. The quantitative estimate of drug-likeness (QED) is 0.546. The van der Waals surface area contributed by atoms with E-state index in [9.17, 15) is 4.79 Å². The van der Waals surface area contributed by atoms with E-state index < -0.39 is 13.2 Å². The maximum Gasteiger partial charge on any atom is 0.707 e. The van der Waals surface area contributed by atoms with Gasteiger partial charge in [0.2, 0.25) is 0 Å². The van der Waals surface area contributed by atoms with E-state index in [0.717, 1.165) is 5.06 Å². The molecule has 0 spiro atoms. The van der Waals surface area contributed by atoms with E-state index in [0.29, 0.717) is 0 Å². The number of hydrogen-bond donors (Lipinski definition) is 2. The van der Waals surface area contributed by atoms with Gasteiger partial charge in [0.25, 0.3) is 5.91 Å². The highest BCUT2D eigenvalue weighted by atomic mass is 16.7. The van der Waals surface area contributed by atoms with Gasteiger partial charge in [0.05, 0.1) is 21.3 Å². The molecule has 2 N–H and O–H groups in total. The third kappa shape index (κ3) is 3.53. The number of amides is 1. The van der Waals surface area contributed by atoms with Gasteiger partial charge in [-0.3, -0.25) is 9.63 Å². The number of ether oxygens (including phenoxy) is 2. The molecule has 110 valence electrons. The summed E-state index contributed by atoms with van der Waals surface area (Å²) in [5, 5.41) is 18.6. The van der Waals surface area contributed by atoms with Gasteiger partial charge in [-0.1, -0.05) is 0 Å². The summed E-state index contributed by atoms with van der Waals surface area (Å²) in [5.41, 5.74) is 0.124. The number of hydroxylamine groups is 2. The molecule has 0 aliphatic carbocycles. The predicted molar refractivity (Wildman–Crippen MR) is 69.5 cm³/mol. The van der Waals surface area contributed by atoms with Crippen molar-refractivity contribution in [3.8, 4) is 17.2 Å². The second kappa shape index (κ2) is 6.99. The first-order valence-corrected chi connectivity index (χ1v) is 5.55. The molecule has 0 aliphatic heterocycles. The first kappa shape index (κ1) is 16.1. The molecule has 9 heteroatoms. The van der Waals surface area contributed by atoms with Crippen molar-refractivity contribution in [2.24, 2.45) is 0 Å². The average Bonchev–Trinajstić information content (AvgIpc) is 2.43.